The zero-order valence-corrected chi connectivity index (χ0v) is 9.47. The van der Waals surface area contributed by atoms with Gasteiger partial charge in [0.1, 0.15) is 5.82 Å². The average molecular weight is 209 g/mol. The molecular formula is C11H19N3O. The predicted molar refractivity (Wildman–Crippen MR) is 58.9 cm³/mol. The first-order valence-corrected chi connectivity index (χ1v) is 5.59. The molecule has 1 aromatic rings. The summed E-state index contributed by atoms with van der Waals surface area (Å²) in [6, 6.07) is 0. The molecule has 1 fully saturated rings. The zero-order valence-electron chi connectivity index (χ0n) is 9.47. The Morgan fingerprint density at radius 1 is 1.47 bits per heavy atom. The van der Waals surface area contributed by atoms with Gasteiger partial charge in [0.05, 0.1) is 11.4 Å². The summed E-state index contributed by atoms with van der Waals surface area (Å²) in [5, 5.41) is 3.17. The van der Waals surface area contributed by atoms with Crippen LogP contribution in [0.25, 0.3) is 0 Å². The summed E-state index contributed by atoms with van der Waals surface area (Å²) in [5.41, 5.74) is 2.48. The van der Waals surface area contributed by atoms with Gasteiger partial charge in [-0.25, -0.2) is 4.98 Å². The maximum Gasteiger partial charge on any atom is 0.103 e. The van der Waals surface area contributed by atoms with Gasteiger partial charge in [0.2, 0.25) is 0 Å². The maximum absolute atomic E-state index is 5.37. The lowest BCUT2D eigenvalue weighted by Crippen LogP contribution is -2.17. The monoisotopic (exact) mass is 209 g/mol. The Bertz CT molecular complexity index is 316. The van der Waals surface area contributed by atoms with Crippen molar-refractivity contribution in [3.8, 4) is 0 Å². The fourth-order valence-corrected chi connectivity index (χ4v) is 2.18. The first kappa shape index (κ1) is 10.6. The molecule has 0 saturated carbocycles. The first-order chi connectivity index (χ1) is 7.31. The Hall–Kier alpha value is -0.870. The number of imidazole rings is 1. The number of hydrogen-bond donors (Lipinski definition) is 2. The van der Waals surface area contributed by atoms with Crippen molar-refractivity contribution >= 4 is 0 Å². The van der Waals surface area contributed by atoms with Crippen LogP contribution in [0.3, 0.4) is 0 Å². The normalized spacial score (nSPS) is 18.3. The van der Waals surface area contributed by atoms with E-state index in [-0.39, 0.29) is 0 Å². The minimum absolute atomic E-state index is 0.576. The summed E-state index contributed by atoms with van der Waals surface area (Å²) in [6.07, 6.45) is 2.20. The molecule has 0 spiro atoms. The lowest BCUT2D eigenvalue weighted by Gasteiger charge is -2.21. The van der Waals surface area contributed by atoms with Crippen LogP contribution in [0.4, 0.5) is 0 Å². The fraction of sp³-hybridized carbons (Fsp3) is 0.727. The van der Waals surface area contributed by atoms with Crippen LogP contribution in [0.1, 0.15) is 36.0 Å². The van der Waals surface area contributed by atoms with Gasteiger partial charge in [-0.15, -0.1) is 0 Å². The second kappa shape index (κ2) is 4.77. The summed E-state index contributed by atoms with van der Waals surface area (Å²) in [5.74, 6) is 1.59. The van der Waals surface area contributed by atoms with Crippen LogP contribution in [0.5, 0.6) is 0 Å². The number of H-pyrrole nitrogens is 1. The van der Waals surface area contributed by atoms with E-state index in [0.717, 1.165) is 38.4 Å². The highest BCUT2D eigenvalue weighted by molar-refractivity contribution is 5.19. The number of aryl methyl sites for hydroxylation is 1. The van der Waals surface area contributed by atoms with Crippen LogP contribution in [-0.2, 0) is 11.3 Å². The molecule has 2 heterocycles. The molecule has 2 rings (SSSR count). The van der Waals surface area contributed by atoms with Crippen molar-refractivity contribution in [1.82, 2.24) is 15.3 Å². The Labute approximate surface area is 90.4 Å². The van der Waals surface area contributed by atoms with Gasteiger partial charge < -0.3 is 15.0 Å². The Morgan fingerprint density at radius 3 is 2.87 bits per heavy atom. The molecule has 0 aromatic carbocycles. The molecular weight excluding hydrogens is 190 g/mol. The van der Waals surface area contributed by atoms with Crippen molar-refractivity contribution in [2.75, 3.05) is 20.3 Å². The van der Waals surface area contributed by atoms with Gasteiger partial charge in [0.25, 0.3) is 0 Å². The summed E-state index contributed by atoms with van der Waals surface area (Å²) in [4.78, 5) is 7.93. The summed E-state index contributed by atoms with van der Waals surface area (Å²) in [7, 11) is 1.96. The molecule has 84 valence electrons. The summed E-state index contributed by atoms with van der Waals surface area (Å²) < 4.78 is 5.37. The van der Waals surface area contributed by atoms with Crippen molar-refractivity contribution in [3.63, 3.8) is 0 Å². The van der Waals surface area contributed by atoms with E-state index in [1.54, 1.807) is 0 Å². The second-order valence-electron chi connectivity index (χ2n) is 4.10. The van der Waals surface area contributed by atoms with Crippen LogP contribution in [0.15, 0.2) is 0 Å². The highest BCUT2D eigenvalue weighted by atomic mass is 16.5. The number of hydrogen-bond acceptors (Lipinski definition) is 3. The smallest absolute Gasteiger partial charge is 0.103 e. The molecule has 0 radical (unpaired) electrons. The lowest BCUT2D eigenvalue weighted by molar-refractivity contribution is 0.0844. The number of ether oxygens (including phenoxy) is 1. The van der Waals surface area contributed by atoms with Crippen LogP contribution in [0.2, 0.25) is 0 Å². The molecule has 0 unspecified atom stereocenters. The Balaban J connectivity index is 2.17. The quantitative estimate of drug-likeness (QED) is 0.789. The molecule has 0 amide bonds. The fourth-order valence-electron chi connectivity index (χ4n) is 2.18. The number of nitrogens with one attached hydrogen (secondary N) is 2. The highest BCUT2D eigenvalue weighted by Crippen LogP contribution is 2.27. The van der Waals surface area contributed by atoms with Crippen molar-refractivity contribution in [2.45, 2.75) is 32.2 Å². The molecule has 0 aliphatic carbocycles. The van der Waals surface area contributed by atoms with Gasteiger partial charge in [-0.1, -0.05) is 0 Å². The average Bonchev–Trinajstić information content (AvgIpc) is 2.62. The third-order valence-electron chi connectivity index (χ3n) is 2.89. The van der Waals surface area contributed by atoms with Crippen molar-refractivity contribution in [1.29, 1.82) is 0 Å². The topological polar surface area (TPSA) is 49.9 Å². The number of rotatable bonds is 3. The summed E-state index contributed by atoms with van der Waals surface area (Å²) in [6.45, 7) is 4.63. The molecule has 15 heavy (non-hydrogen) atoms. The Kier molecular flexibility index (Phi) is 3.38. The summed E-state index contributed by atoms with van der Waals surface area (Å²) >= 11 is 0. The van der Waals surface area contributed by atoms with Crippen LogP contribution >= 0.6 is 0 Å². The molecule has 1 aromatic heterocycles. The molecule has 1 aliphatic heterocycles. The van der Waals surface area contributed by atoms with Crippen molar-refractivity contribution < 1.29 is 4.74 Å². The zero-order chi connectivity index (χ0) is 10.7. The third-order valence-corrected chi connectivity index (χ3v) is 2.89. The van der Waals surface area contributed by atoms with Gasteiger partial charge in [0.15, 0.2) is 0 Å². The van der Waals surface area contributed by atoms with Crippen molar-refractivity contribution in [2.24, 2.45) is 0 Å². The van der Waals surface area contributed by atoms with Gasteiger partial charge in [-0.2, -0.15) is 0 Å². The van der Waals surface area contributed by atoms with E-state index < -0.39 is 0 Å². The molecule has 4 nitrogen and oxygen atoms in total. The van der Waals surface area contributed by atoms with E-state index in [1.165, 1.54) is 11.4 Å². The van der Waals surface area contributed by atoms with Gasteiger partial charge >= 0.3 is 0 Å². The molecule has 0 bridgehead atoms. The lowest BCUT2D eigenvalue weighted by atomic mass is 9.95. The molecule has 1 saturated heterocycles. The van der Waals surface area contributed by atoms with E-state index in [2.05, 4.69) is 15.3 Å². The van der Waals surface area contributed by atoms with E-state index in [1.807, 2.05) is 14.0 Å². The largest absolute Gasteiger partial charge is 0.381 e. The number of aromatic amines is 1. The van der Waals surface area contributed by atoms with E-state index >= 15 is 0 Å². The minimum atomic E-state index is 0.576. The number of aromatic nitrogens is 2. The Morgan fingerprint density at radius 2 is 2.20 bits per heavy atom. The number of nitrogens with zero attached hydrogens (tertiary/aromatic N) is 1. The van der Waals surface area contributed by atoms with Gasteiger partial charge in [-0.05, 0) is 26.8 Å². The van der Waals surface area contributed by atoms with Crippen LogP contribution < -0.4 is 5.32 Å². The van der Waals surface area contributed by atoms with E-state index in [4.69, 9.17) is 4.74 Å². The molecule has 2 N–H and O–H groups in total. The van der Waals surface area contributed by atoms with Crippen LogP contribution in [0, 0.1) is 6.92 Å². The SMILES string of the molecule is CNCc1[nH]c(C)nc1C1CCOCC1. The third kappa shape index (κ3) is 2.38. The molecule has 0 atom stereocenters. The van der Waals surface area contributed by atoms with Crippen LogP contribution in [-0.4, -0.2) is 30.2 Å². The molecule has 1 aliphatic rings. The van der Waals surface area contributed by atoms with Gasteiger partial charge in [-0.3, -0.25) is 0 Å². The minimum Gasteiger partial charge on any atom is -0.381 e. The first-order valence-electron chi connectivity index (χ1n) is 5.59. The maximum atomic E-state index is 5.37. The van der Waals surface area contributed by atoms with E-state index in [9.17, 15) is 0 Å². The van der Waals surface area contributed by atoms with E-state index in [0.29, 0.717) is 5.92 Å². The highest BCUT2D eigenvalue weighted by Gasteiger charge is 2.21. The second-order valence-corrected chi connectivity index (χ2v) is 4.10. The van der Waals surface area contributed by atoms with Crippen molar-refractivity contribution in [3.05, 3.63) is 17.2 Å². The predicted octanol–water partition coefficient (Wildman–Crippen LogP) is 1.33. The van der Waals surface area contributed by atoms with Gasteiger partial charge in [0, 0.05) is 25.7 Å². The molecule has 4 heteroatoms. The standard InChI is InChI=1S/C11H19N3O/c1-8-13-10(7-12-2)11(14-8)9-3-5-15-6-4-9/h9,12H,3-7H2,1-2H3,(H,13,14).